The average molecular weight is 380 g/mol. The molecule has 0 aliphatic heterocycles. The molecule has 0 bridgehead atoms. The van der Waals surface area contributed by atoms with Gasteiger partial charge < -0.3 is 0 Å². The standard InChI is InChI=1S/C14H9FN4O4S2/c15-9-1-3-10(4-2-9)25(22,23)12-7-24-6-8(12)5-11(20)13(21)14-16-18-19-17-14/h1-4,6-7H,5H2,(H,16,17,18,19). The number of Topliss-reactive ketones (excluding diaryl/α,β-unsaturated/α-hetero) is 2. The lowest BCUT2D eigenvalue weighted by atomic mass is 10.1. The first-order chi connectivity index (χ1) is 11.9. The maximum Gasteiger partial charge on any atom is 0.269 e. The summed E-state index contributed by atoms with van der Waals surface area (Å²) < 4.78 is 38.3. The number of benzene rings is 1. The summed E-state index contributed by atoms with van der Waals surface area (Å²) in [5, 5.41) is 14.9. The molecule has 0 spiro atoms. The zero-order valence-corrected chi connectivity index (χ0v) is 14.0. The molecule has 0 radical (unpaired) electrons. The molecule has 3 rings (SSSR count). The van der Waals surface area contributed by atoms with Gasteiger partial charge in [0.15, 0.2) is 0 Å². The van der Waals surface area contributed by atoms with E-state index in [-0.39, 0.29) is 21.2 Å². The number of sulfone groups is 1. The second-order valence-electron chi connectivity index (χ2n) is 4.88. The average Bonchev–Trinajstić information content (AvgIpc) is 3.26. The molecule has 0 amide bonds. The molecule has 0 atom stereocenters. The lowest BCUT2D eigenvalue weighted by Crippen LogP contribution is -2.19. The minimum atomic E-state index is -3.94. The fourth-order valence-corrected chi connectivity index (χ4v) is 4.74. The Labute approximate surface area is 144 Å². The number of aromatic nitrogens is 4. The molecule has 2 aromatic heterocycles. The molecule has 128 valence electrons. The van der Waals surface area contributed by atoms with Gasteiger partial charge in [0.2, 0.25) is 21.4 Å². The molecular weight excluding hydrogens is 371 g/mol. The number of aromatic amines is 1. The van der Waals surface area contributed by atoms with E-state index in [0.29, 0.717) is 0 Å². The van der Waals surface area contributed by atoms with Crippen molar-refractivity contribution in [1.29, 1.82) is 0 Å². The van der Waals surface area contributed by atoms with Crippen LogP contribution in [0.4, 0.5) is 4.39 Å². The van der Waals surface area contributed by atoms with Crippen LogP contribution in [-0.2, 0) is 21.1 Å². The van der Waals surface area contributed by atoms with Crippen molar-refractivity contribution in [3.63, 3.8) is 0 Å². The maximum atomic E-state index is 13.0. The Balaban J connectivity index is 1.89. The number of hydrogen-bond donors (Lipinski definition) is 1. The third-order valence-electron chi connectivity index (χ3n) is 3.27. The van der Waals surface area contributed by atoms with Crippen LogP contribution in [0.1, 0.15) is 16.2 Å². The van der Waals surface area contributed by atoms with E-state index in [1.165, 1.54) is 10.8 Å². The lowest BCUT2D eigenvalue weighted by molar-refractivity contribution is -0.114. The maximum absolute atomic E-state index is 13.0. The number of H-pyrrole nitrogens is 1. The predicted molar refractivity (Wildman–Crippen MR) is 83.4 cm³/mol. The Bertz CT molecular complexity index is 1030. The first-order valence-electron chi connectivity index (χ1n) is 6.76. The molecule has 0 saturated carbocycles. The number of halogens is 1. The highest BCUT2D eigenvalue weighted by atomic mass is 32.2. The number of tetrazole rings is 1. The van der Waals surface area contributed by atoms with Gasteiger partial charge >= 0.3 is 0 Å². The van der Waals surface area contributed by atoms with Crippen molar-refractivity contribution >= 4 is 32.7 Å². The molecule has 2 heterocycles. The molecule has 0 fully saturated rings. The van der Waals surface area contributed by atoms with Crippen molar-refractivity contribution in [2.75, 3.05) is 0 Å². The number of carbonyl (C=O) groups is 2. The predicted octanol–water partition coefficient (Wildman–Crippen LogP) is 1.23. The molecule has 3 aromatic rings. The van der Waals surface area contributed by atoms with Gasteiger partial charge in [-0.1, -0.05) is 0 Å². The van der Waals surface area contributed by atoms with Crippen LogP contribution >= 0.6 is 11.3 Å². The molecule has 0 aliphatic rings. The Morgan fingerprint density at radius 3 is 2.52 bits per heavy atom. The molecule has 1 N–H and O–H groups in total. The summed E-state index contributed by atoms with van der Waals surface area (Å²) in [6.07, 6.45) is -0.424. The summed E-state index contributed by atoms with van der Waals surface area (Å²) in [7, 11) is -3.94. The Hall–Kier alpha value is -2.79. The van der Waals surface area contributed by atoms with E-state index < -0.39 is 33.6 Å². The summed E-state index contributed by atoms with van der Waals surface area (Å²) >= 11 is 1.08. The van der Waals surface area contributed by atoms with E-state index >= 15 is 0 Å². The highest BCUT2D eigenvalue weighted by molar-refractivity contribution is 7.91. The van der Waals surface area contributed by atoms with Gasteiger partial charge in [-0.3, -0.25) is 9.59 Å². The minimum Gasteiger partial charge on any atom is -0.290 e. The number of nitrogens with one attached hydrogen (secondary N) is 1. The highest BCUT2D eigenvalue weighted by Gasteiger charge is 2.27. The van der Waals surface area contributed by atoms with Gasteiger partial charge in [-0.05, 0) is 40.4 Å². The van der Waals surface area contributed by atoms with Crippen molar-refractivity contribution in [2.24, 2.45) is 0 Å². The number of hydrogen-bond acceptors (Lipinski definition) is 8. The molecule has 25 heavy (non-hydrogen) atoms. The van der Waals surface area contributed by atoms with E-state index in [9.17, 15) is 22.4 Å². The summed E-state index contributed by atoms with van der Waals surface area (Å²) in [4.78, 5) is 23.7. The molecule has 8 nitrogen and oxygen atoms in total. The van der Waals surface area contributed by atoms with Crippen molar-refractivity contribution in [1.82, 2.24) is 20.6 Å². The Morgan fingerprint density at radius 2 is 1.88 bits per heavy atom. The van der Waals surface area contributed by atoms with Crippen molar-refractivity contribution < 1.29 is 22.4 Å². The van der Waals surface area contributed by atoms with Gasteiger partial charge in [0.1, 0.15) is 5.82 Å². The van der Waals surface area contributed by atoms with E-state index in [0.717, 1.165) is 35.6 Å². The van der Waals surface area contributed by atoms with Crippen LogP contribution < -0.4 is 0 Å². The number of nitrogens with zero attached hydrogens (tertiary/aromatic N) is 3. The third kappa shape index (κ3) is 3.37. The Morgan fingerprint density at radius 1 is 1.16 bits per heavy atom. The summed E-state index contributed by atoms with van der Waals surface area (Å²) in [5.74, 6) is -2.78. The van der Waals surface area contributed by atoms with Crippen LogP contribution in [0.3, 0.4) is 0 Å². The van der Waals surface area contributed by atoms with Gasteiger partial charge in [-0.25, -0.2) is 12.8 Å². The monoisotopic (exact) mass is 380 g/mol. The zero-order valence-electron chi connectivity index (χ0n) is 12.3. The molecule has 0 unspecified atom stereocenters. The van der Waals surface area contributed by atoms with Gasteiger partial charge in [-0.15, -0.1) is 10.2 Å². The van der Waals surface area contributed by atoms with Crippen molar-refractivity contribution in [2.45, 2.75) is 16.2 Å². The summed E-state index contributed by atoms with van der Waals surface area (Å²) in [5.41, 5.74) is 0.177. The normalized spacial score (nSPS) is 11.4. The van der Waals surface area contributed by atoms with Crippen molar-refractivity contribution in [3.8, 4) is 0 Å². The summed E-state index contributed by atoms with van der Waals surface area (Å²) in [6.45, 7) is 0. The van der Waals surface area contributed by atoms with E-state index in [2.05, 4.69) is 20.6 Å². The number of thiophene rings is 1. The molecular formula is C14H9FN4O4S2. The van der Waals surface area contributed by atoms with E-state index in [1.807, 2.05) is 0 Å². The fraction of sp³-hybridized carbons (Fsp3) is 0.0714. The van der Waals surface area contributed by atoms with Crippen LogP contribution in [0.25, 0.3) is 0 Å². The van der Waals surface area contributed by atoms with Gasteiger partial charge in [0, 0.05) is 11.8 Å². The highest BCUT2D eigenvalue weighted by Crippen LogP contribution is 2.28. The third-order valence-corrected chi connectivity index (χ3v) is 6.06. The van der Waals surface area contributed by atoms with Gasteiger partial charge in [0.25, 0.3) is 5.78 Å². The van der Waals surface area contributed by atoms with Crippen LogP contribution in [0.15, 0.2) is 44.8 Å². The number of carbonyl (C=O) groups excluding carboxylic acids is 2. The SMILES string of the molecule is O=C(Cc1cscc1S(=O)(=O)c1ccc(F)cc1)C(=O)c1nn[nH]n1. The fourth-order valence-electron chi connectivity index (χ4n) is 2.05. The Kier molecular flexibility index (Phi) is 4.51. The quantitative estimate of drug-likeness (QED) is 0.387. The first kappa shape index (κ1) is 17.0. The number of rotatable bonds is 6. The molecule has 0 aliphatic carbocycles. The van der Waals surface area contributed by atoms with Gasteiger partial charge in [-0.2, -0.15) is 16.6 Å². The molecule has 11 heteroatoms. The van der Waals surface area contributed by atoms with Crippen molar-refractivity contribution in [3.05, 3.63) is 52.2 Å². The first-order valence-corrected chi connectivity index (χ1v) is 9.19. The van der Waals surface area contributed by atoms with Crippen LogP contribution in [0, 0.1) is 5.82 Å². The van der Waals surface area contributed by atoms with Crippen LogP contribution in [-0.4, -0.2) is 40.6 Å². The molecule has 0 saturated heterocycles. The van der Waals surface area contributed by atoms with Crippen LogP contribution in [0.2, 0.25) is 0 Å². The largest absolute Gasteiger partial charge is 0.290 e. The van der Waals surface area contributed by atoms with E-state index in [1.54, 1.807) is 0 Å². The number of ketones is 2. The lowest BCUT2D eigenvalue weighted by Gasteiger charge is -2.05. The van der Waals surface area contributed by atoms with Crippen LogP contribution in [0.5, 0.6) is 0 Å². The van der Waals surface area contributed by atoms with Gasteiger partial charge in [0.05, 0.1) is 9.79 Å². The summed E-state index contributed by atoms with van der Waals surface area (Å²) in [6, 6.07) is 4.34. The minimum absolute atomic E-state index is 0.0987. The molecule has 1 aromatic carbocycles. The van der Waals surface area contributed by atoms with E-state index in [4.69, 9.17) is 0 Å². The second-order valence-corrected chi connectivity index (χ2v) is 7.54. The smallest absolute Gasteiger partial charge is 0.269 e. The zero-order chi connectivity index (χ0) is 18.0. The topological polar surface area (TPSA) is 123 Å². The second kappa shape index (κ2) is 6.61.